The van der Waals surface area contributed by atoms with Crippen LogP contribution in [0.2, 0.25) is 0 Å². The molecule has 1 aliphatic rings. The van der Waals surface area contributed by atoms with Crippen LogP contribution in [0.15, 0.2) is 48.5 Å². The highest BCUT2D eigenvalue weighted by molar-refractivity contribution is 5.91. The number of ether oxygens (including phenoxy) is 3. The summed E-state index contributed by atoms with van der Waals surface area (Å²) in [6.07, 6.45) is -3.83. The van der Waals surface area contributed by atoms with Crippen LogP contribution in [0, 0.1) is 0 Å². The third kappa shape index (κ3) is 6.46. The lowest BCUT2D eigenvalue weighted by atomic mass is 9.99. The molecular weight excluding hydrogens is 446 g/mol. The molecule has 5 atom stereocenters. The van der Waals surface area contributed by atoms with Crippen molar-refractivity contribution in [1.29, 1.82) is 0 Å². The largest absolute Gasteiger partial charge is 0.504 e. The number of hydrogen-bond acceptors (Lipinski definition) is 9. The van der Waals surface area contributed by atoms with Crippen molar-refractivity contribution >= 4 is 12.0 Å². The molecule has 0 saturated carbocycles. The molecule has 1 fully saturated rings. The average Bonchev–Trinajstić information content (AvgIpc) is 2.85. The van der Waals surface area contributed by atoms with Crippen LogP contribution in [0.25, 0.3) is 6.08 Å². The predicted octanol–water partition coefficient (Wildman–Crippen LogP) is -0.0484. The Morgan fingerprint density at radius 2 is 1.82 bits per heavy atom. The summed E-state index contributed by atoms with van der Waals surface area (Å²) in [6.45, 7) is -0.163. The number of phenolic OH excluding ortho intramolecular Hbond substituents is 1. The maximum absolute atomic E-state index is 12.1. The number of benzene rings is 2. The molecule has 1 aliphatic heterocycles. The summed E-state index contributed by atoms with van der Waals surface area (Å²) in [6, 6.07) is 11.9. The SMILES string of the molecule is COc1ccc(CCNC(=O)/C=C/c2ccc(O)c(O[C@@H]3O[C@H](CO)[C@@H](O)[C@H](O)[C@H]3O)c2)cc1. The lowest BCUT2D eigenvalue weighted by molar-refractivity contribution is -0.277. The molecule has 0 bridgehead atoms. The number of hydrogen-bond donors (Lipinski definition) is 6. The maximum Gasteiger partial charge on any atom is 0.244 e. The Morgan fingerprint density at radius 1 is 1.09 bits per heavy atom. The van der Waals surface area contributed by atoms with Crippen molar-refractivity contribution in [3.05, 3.63) is 59.7 Å². The summed E-state index contributed by atoms with van der Waals surface area (Å²) in [5, 5.41) is 52.0. The van der Waals surface area contributed by atoms with Crippen LogP contribution in [0.4, 0.5) is 0 Å². The number of methoxy groups -OCH3 is 1. The van der Waals surface area contributed by atoms with Crippen molar-refractivity contribution in [1.82, 2.24) is 5.32 Å². The molecule has 1 heterocycles. The zero-order chi connectivity index (χ0) is 24.7. The molecule has 0 aromatic heterocycles. The molecule has 10 nitrogen and oxygen atoms in total. The van der Waals surface area contributed by atoms with Gasteiger partial charge < -0.3 is 45.1 Å². The first kappa shape index (κ1) is 25.5. The lowest BCUT2D eigenvalue weighted by Gasteiger charge is -2.39. The van der Waals surface area contributed by atoms with Gasteiger partial charge in [0, 0.05) is 12.6 Å². The highest BCUT2D eigenvalue weighted by Crippen LogP contribution is 2.31. The standard InChI is InChI=1S/C24H29NO9/c1-32-16-6-2-14(3-7-16)10-11-25-20(28)9-5-15-4-8-17(27)18(12-15)33-24-23(31)22(30)21(29)19(13-26)34-24/h2-9,12,19,21-24,26-27,29-31H,10-11,13H2,1H3,(H,25,28)/b9-5+/t19-,21-,22+,23-,24-/m1/s1. The molecule has 10 heteroatoms. The number of carbonyl (C=O) groups excluding carboxylic acids is 1. The van der Waals surface area contributed by atoms with E-state index in [2.05, 4.69) is 5.32 Å². The van der Waals surface area contributed by atoms with Gasteiger partial charge >= 0.3 is 0 Å². The van der Waals surface area contributed by atoms with Gasteiger partial charge in [0.1, 0.15) is 30.2 Å². The van der Waals surface area contributed by atoms with Crippen molar-refractivity contribution in [2.75, 3.05) is 20.3 Å². The molecule has 0 spiro atoms. The molecule has 184 valence electrons. The number of nitrogens with one attached hydrogen (secondary N) is 1. The molecule has 0 radical (unpaired) electrons. The van der Waals surface area contributed by atoms with E-state index in [4.69, 9.17) is 14.2 Å². The monoisotopic (exact) mass is 475 g/mol. The van der Waals surface area contributed by atoms with E-state index >= 15 is 0 Å². The Morgan fingerprint density at radius 3 is 2.50 bits per heavy atom. The Hall–Kier alpha value is -3.15. The van der Waals surface area contributed by atoms with Gasteiger partial charge in [0.2, 0.25) is 12.2 Å². The summed E-state index contributed by atoms with van der Waals surface area (Å²) in [5.74, 6) is 0.113. The third-order valence-electron chi connectivity index (χ3n) is 5.37. The Kier molecular flexibility index (Phi) is 8.85. The summed E-state index contributed by atoms with van der Waals surface area (Å²) in [7, 11) is 1.60. The minimum Gasteiger partial charge on any atom is -0.504 e. The van der Waals surface area contributed by atoms with Gasteiger partial charge in [0.05, 0.1) is 13.7 Å². The molecule has 2 aromatic carbocycles. The van der Waals surface area contributed by atoms with Crippen LogP contribution in [-0.2, 0) is 16.0 Å². The van der Waals surface area contributed by atoms with Crippen molar-refractivity contribution in [2.45, 2.75) is 37.1 Å². The van der Waals surface area contributed by atoms with E-state index in [0.29, 0.717) is 18.5 Å². The fraction of sp³-hybridized carbons (Fsp3) is 0.375. The summed E-state index contributed by atoms with van der Waals surface area (Å²) < 4.78 is 15.9. The molecule has 2 aromatic rings. The van der Waals surface area contributed by atoms with E-state index < -0.39 is 37.3 Å². The van der Waals surface area contributed by atoms with Gasteiger partial charge in [-0.2, -0.15) is 0 Å². The van der Waals surface area contributed by atoms with Crippen LogP contribution < -0.4 is 14.8 Å². The predicted molar refractivity (Wildman–Crippen MR) is 121 cm³/mol. The summed E-state index contributed by atoms with van der Waals surface area (Å²) >= 11 is 0. The molecule has 0 unspecified atom stereocenters. The van der Waals surface area contributed by atoms with Crippen LogP contribution in [0.5, 0.6) is 17.2 Å². The van der Waals surface area contributed by atoms with E-state index in [1.165, 1.54) is 24.3 Å². The Balaban J connectivity index is 1.56. The number of phenols is 1. The number of amides is 1. The van der Waals surface area contributed by atoms with E-state index in [1.807, 2.05) is 24.3 Å². The van der Waals surface area contributed by atoms with Gasteiger partial charge in [0.25, 0.3) is 0 Å². The second-order valence-corrected chi connectivity index (χ2v) is 7.76. The van der Waals surface area contributed by atoms with E-state index in [9.17, 15) is 30.3 Å². The van der Waals surface area contributed by atoms with Crippen LogP contribution in [-0.4, -0.2) is 82.4 Å². The fourth-order valence-electron chi connectivity index (χ4n) is 3.37. The summed E-state index contributed by atoms with van der Waals surface area (Å²) in [4.78, 5) is 12.1. The first-order valence-electron chi connectivity index (χ1n) is 10.7. The van der Waals surface area contributed by atoms with Gasteiger partial charge in [0.15, 0.2) is 11.5 Å². The zero-order valence-electron chi connectivity index (χ0n) is 18.6. The van der Waals surface area contributed by atoms with Gasteiger partial charge in [-0.1, -0.05) is 18.2 Å². The molecule has 6 N–H and O–H groups in total. The number of carbonyl (C=O) groups is 1. The summed E-state index contributed by atoms with van der Waals surface area (Å²) in [5.41, 5.74) is 1.57. The molecule has 1 saturated heterocycles. The lowest BCUT2D eigenvalue weighted by Crippen LogP contribution is -2.60. The van der Waals surface area contributed by atoms with Crippen molar-refractivity contribution in [3.63, 3.8) is 0 Å². The van der Waals surface area contributed by atoms with Crippen LogP contribution >= 0.6 is 0 Å². The number of aliphatic hydroxyl groups excluding tert-OH is 4. The smallest absolute Gasteiger partial charge is 0.244 e. The maximum atomic E-state index is 12.1. The normalized spacial score (nSPS) is 24.7. The molecule has 3 rings (SSSR count). The Bertz CT molecular complexity index is 977. The molecular formula is C24H29NO9. The third-order valence-corrected chi connectivity index (χ3v) is 5.37. The van der Waals surface area contributed by atoms with E-state index in [1.54, 1.807) is 13.2 Å². The Labute approximate surface area is 196 Å². The van der Waals surface area contributed by atoms with Crippen molar-refractivity contribution in [2.24, 2.45) is 0 Å². The van der Waals surface area contributed by atoms with Gasteiger partial charge in [-0.15, -0.1) is 0 Å². The van der Waals surface area contributed by atoms with Crippen molar-refractivity contribution < 1.29 is 44.5 Å². The van der Waals surface area contributed by atoms with Crippen LogP contribution in [0.3, 0.4) is 0 Å². The average molecular weight is 475 g/mol. The molecule has 34 heavy (non-hydrogen) atoms. The number of rotatable bonds is 9. The molecule has 0 aliphatic carbocycles. The second kappa shape index (κ2) is 11.8. The quantitative estimate of drug-likeness (QED) is 0.274. The second-order valence-electron chi connectivity index (χ2n) is 7.76. The van der Waals surface area contributed by atoms with Gasteiger partial charge in [-0.05, 0) is 47.9 Å². The van der Waals surface area contributed by atoms with Gasteiger partial charge in [-0.3, -0.25) is 4.79 Å². The first-order valence-corrected chi connectivity index (χ1v) is 10.7. The highest BCUT2D eigenvalue weighted by atomic mass is 16.7. The highest BCUT2D eigenvalue weighted by Gasteiger charge is 2.44. The first-order chi connectivity index (χ1) is 16.3. The van der Waals surface area contributed by atoms with E-state index in [-0.39, 0.29) is 17.4 Å². The van der Waals surface area contributed by atoms with E-state index in [0.717, 1.165) is 11.3 Å². The van der Waals surface area contributed by atoms with Gasteiger partial charge in [-0.25, -0.2) is 0 Å². The topological polar surface area (TPSA) is 158 Å². The fourth-order valence-corrected chi connectivity index (χ4v) is 3.37. The minimum absolute atomic E-state index is 0.0774. The number of aromatic hydroxyl groups is 1. The van der Waals surface area contributed by atoms with Crippen molar-refractivity contribution in [3.8, 4) is 17.2 Å². The zero-order valence-corrected chi connectivity index (χ0v) is 18.6. The minimum atomic E-state index is -1.62. The number of aliphatic hydroxyl groups is 4. The molecule has 1 amide bonds. The van der Waals surface area contributed by atoms with Crippen LogP contribution in [0.1, 0.15) is 11.1 Å².